The molecule has 5 heteroatoms. The summed E-state index contributed by atoms with van der Waals surface area (Å²) in [6, 6.07) is 15.8. The van der Waals surface area contributed by atoms with Crippen molar-refractivity contribution in [1.29, 1.82) is 0 Å². The van der Waals surface area contributed by atoms with E-state index in [9.17, 15) is 9.59 Å². The van der Waals surface area contributed by atoms with Crippen LogP contribution in [0.4, 0.5) is 0 Å². The minimum atomic E-state index is -0.972. The highest BCUT2D eigenvalue weighted by Crippen LogP contribution is 2.17. The van der Waals surface area contributed by atoms with Gasteiger partial charge in [-0.3, -0.25) is 9.59 Å². The van der Waals surface area contributed by atoms with Crippen molar-refractivity contribution in [2.24, 2.45) is 0 Å². The van der Waals surface area contributed by atoms with Crippen LogP contribution in [0.3, 0.4) is 0 Å². The molecule has 2 aromatic rings. The highest BCUT2D eigenvalue weighted by atomic mass is 16.5. The van der Waals surface area contributed by atoms with Gasteiger partial charge in [0.05, 0.1) is 12.5 Å². The molecule has 2 rings (SSSR count). The minimum Gasteiger partial charge on any atom is -0.484 e. The molecule has 5 nitrogen and oxygen atoms in total. The second kappa shape index (κ2) is 7.98. The third-order valence-corrected chi connectivity index (χ3v) is 3.31. The fourth-order valence-electron chi connectivity index (χ4n) is 2.13. The maximum atomic E-state index is 12.0. The molecule has 0 aliphatic rings. The van der Waals surface area contributed by atoms with Crippen LogP contribution >= 0.6 is 0 Å². The molecular formula is C18H19NO4. The highest BCUT2D eigenvalue weighted by Gasteiger charge is 2.18. The van der Waals surface area contributed by atoms with Gasteiger partial charge >= 0.3 is 5.97 Å². The van der Waals surface area contributed by atoms with Gasteiger partial charge in [-0.15, -0.1) is 0 Å². The van der Waals surface area contributed by atoms with Gasteiger partial charge in [-0.1, -0.05) is 48.0 Å². The van der Waals surface area contributed by atoms with Gasteiger partial charge < -0.3 is 15.2 Å². The molecule has 0 aliphatic heterocycles. The quantitative estimate of drug-likeness (QED) is 0.824. The summed E-state index contributed by atoms with van der Waals surface area (Å²) < 4.78 is 5.37. The number of ether oxygens (including phenoxy) is 1. The van der Waals surface area contributed by atoms with Crippen molar-refractivity contribution in [3.05, 3.63) is 65.7 Å². The third kappa shape index (κ3) is 5.47. The van der Waals surface area contributed by atoms with Crippen LogP contribution in [0, 0.1) is 6.92 Å². The normalized spacial score (nSPS) is 11.5. The van der Waals surface area contributed by atoms with Gasteiger partial charge in [-0.05, 0) is 24.6 Å². The molecule has 0 aromatic heterocycles. The van der Waals surface area contributed by atoms with E-state index in [4.69, 9.17) is 9.84 Å². The van der Waals surface area contributed by atoms with E-state index in [-0.39, 0.29) is 18.9 Å². The Balaban J connectivity index is 1.98. The summed E-state index contributed by atoms with van der Waals surface area (Å²) in [5.41, 5.74) is 1.83. The monoisotopic (exact) mass is 313 g/mol. The van der Waals surface area contributed by atoms with Gasteiger partial charge in [0.25, 0.3) is 5.91 Å². The van der Waals surface area contributed by atoms with Crippen LogP contribution in [0.25, 0.3) is 0 Å². The number of amides is 1. The second-order valence-electron chi connectivity index (χ2n) is 5.23. The van der Waals surface area contributed by atoms with Crippen molar-refractivity contribution in [1.82, 2.24) is 5.32 Å². The Morgan fingerprint density at radius 2 is 1.74 bits per heavy atom. The Morgan fingerprint density at radius 3 is 2.35 bits per heavy atom. The first-order valence-corrected chi connectivity index (χ1v) is 7.30. The van der Waals surface area contributed by atoms with Gasteiger partial charge in [0.2, 0.25) is 0 Å². The molecule has 0 spiro atoms. The molecule has 1 amide bonds. The maximum absolute atomic E-state index is 12.0. The topological polar surface area (TPSA) is 75.6 Å². The number of para-hydroxylation sites is 1. The first-order chi connectivity index (χ1) is 11.0. The molecule has 1 unspecified atom stereocenters. The molecule has 0 bridgehead atoms. The number of aryl methyl sites for hydroxylation is 1. The number of carboxylic acids is 1. The molecule has 0 radical (unpaired) electrons. The Morgan fingerprint density at radius 1 is 1.09 bits per heavy atom. The van der Waals surface area contributed by atoms with Crippen LogP contribution in [0.2, 0.25) is 0 Å². The zero-order valence-electron chi connectivity index (χ0n) is 12.9. The maximum Gasteiger partial charge on any atom is 0.305 e. The first-order valence-electron chi connectivity index (χ1n) is 7.30. The van der Waals surface area contributed by atoms with E-state index in [1.807, 2.05) is 49.4 Å². The van der Waals surface area contributed by atoms with E-state index >= 15 is 0 Å². The van der Waals surface area contributed by atoms with E-state index in [2.05, 4.69) is 5.32 Å². The van der Waals surface area contributed by atoms with E-state index in [0.29, 0.717) is 5.75 Å². The molecule has 0 heterocycles. The van der Waals surface area contributed by atoms with Crippen molar-refractivity contribution in [3.8, 4) is 5.75 Å². The Bertz CT molecular complexity index is 652. The van der Waals surface area contributed by atoms with Crippen LogP contribution in [0.5, 0.6) is 5.75 Å². The van der Waals surface area contributed by atoms with Gasteiger partial charge in [-0.2, -0.15) is 0 Å². The predicted molar refractivity (Wildman–Crippen MR) is 86.3 cm³/mol. The average Bonchev–Trinajstić information content (AvgIpc) is 2.53. The molecule has 2 N–H and O–H groups in total. The van der Waals surface area contributed by atoms with Crippen LogP contribution in [0.1, 0.15) is 23.6 Å². The number of benzene rings is 2. The number of rotatable bonds is 7. The van der Waals surface area contributed by atoms with Crippen molar-refractivity contribution in [3.63, 3.8) is 0 Å². The molecule has 1 atom stereocenters. The molecule has 0 aliphatic carbocycles. The lowest BCUT2D eigenvalue weighted by molar-refractivity contribution is -0.137. The van der Waals surface area contributed by atoms with E-state index in [0.717, 1.165) is 11.1 Å². The molecule has 0 fully saturated rings. The predicted octanol–water partition coefficient (Wildman–Crippen LogP) is 2.71. The van der Waals surface area contributed by atoms with Crippen molar-refractivity contribution in [2.45, 2.75) is 19.4 Å². The molecule has 120 valence electrons. The lowest BCUT2D eigenvalue weighted by atomic mass is 10.0. The Kier molecular flexibility index (Phi) is 5.74. The molecule has 0 saturated heterocycles. The Hall–Kier alpha value is -2.82. The average molecular weight is 313 g/mol. The zero-order valence-corrected chi connectivity index (χ0v) is 12.9. The lowest BCUT2D eigenvalue weighted by Crippen LogP contribution is -2.33. The summed E-state index contributed by atoms with van der Waals surface area (Å²) in [6.45, 7) is 1.79. The van der Waals surface area contributed by atoms with Crippen LogP contribution in [-0.2, 0) is 9.59 Å². The summed E-state index contributed by atoms with van der Waals surface area (Å²) in [4.78, 5) is 23.0. The summed E-state index contributed by atoms with van der Waals surface area (Å²) >= 11 is 0. The number of carbonyl (C=O) groups is 2. The lowest BCUT2D eigenvalue weighted by Gasteiger charge is -2.18. The summed E-state index contributed by atoms with van der Waals surface area (Å²) in [6.07, 6.45) is -0.180. The number of carbonyl (C=O) groups excluding carboxylic acids is 1. The van der Waals surface area contributed by atoms with E-state index in [1.54, 1.807) is 12.1 Å². The molecule has 0 saturated carbocycles. The SMILES string of the molecule is Cc1ccc(C(CC(=O)O)NC(=O)COc2ccccc2)cc1. The fourth-order valence-corrected chi connectivity index (χ4v) is 2.13. The summed E-state index contributed by atoms with van der Waals surface area (Å²) in [5, 5.41) is 11.7. The standard InChI is InChI=1S/C18H19NO4/c1-13-7-9-14(10-8-13)16(11-18(21)22)19-17(20)12-23-15-5-3-2-4-6-15/h2-10,16H,11-12H2,1H3,(H,19,20)(H,21,22). The largest absolute Gasteiger partial charge is 0.484 e. The van der Waals surface area contributed by atoms with Crippen molar-refractivity contribution >= 4 is 11.9 Å². The van der Waals surface area contributed by atoms with Crippen LogP contribution < -0.4 is 10.1 Å². The van der Waals surface area contributed by atoms with Gasteiger partial charge in [0.15, 0.2) is 6.61 Å². The van der Waals surface area contributed by atoms with Gasteiger partial charge in [0, 0.05) is 0 Å². The van der Waals surface area contributed by atoms with E-state index < -0.39 is 12.0 Å². The number of nitrogens with one attached hydrogen (secondary N) is 1. The van der Waals surface area contributed by atoms with Gasteiger partial charge in [-0.25, -0.2) is 0 Å². The number of hydrogen-bond donors (Lipinski definition) is 2. The first kappa shape index (κ1) is 16.5. The second-order valence-corrected chi connectivity index (χ2v) is 5.23. The number of carboxylic acid groups (broad SMARTS) is 1. The minimum absolute atomic E-state index is 0.161. The molecule has 23 heavy (non-hydrogen) atoms. The number of aliphatic carboxylic acids is 1. The fraction of sp³-hybridized carbons (Fsp3) is 0.222. The number of hydrogen-bond acceptors (Lipinski definition) is 3. The highest BCUT2D eigenvalue weighted by molar-refractivity contribution is 5.79. The third-order valence-electron chi connectivity index (χ3n) is 3.31. The Labute approximate surface area is 134 Å². The van der Waals surface area contributed by atoms with Crippen molar-refractivity contribution < 1.29 is 19.4 Å². The van der Waals surface area contributed by atoms with Crippen LogP contribution in [-0.4, -0.2) is 23.6 Å². The smallest absolute Gasteiger partial charge is 0.305 e. The van der Waals surface area contributed by atoms with Crippen LogP contribution in [0.15, 0.2) is 54.6 Å². The summed E-state index contributed by atoms with van der Waals surface area (Å²) in [5.74, 6) is -0.742. The zero-order chi connectivity index (χ0) is 16.7. The summed E-state index contributed by atoms with van der Waals surface area (Å²) in [7, 11) is 0. The molecule has 2 aromatic carbocycles. The van der Waals surface area contributed by atoms with E-state index in [1.165, 1.54) is 0 Å². The van der Waals surface area contributed by atoms with Gasteiger partial charge in [0.1, 0.15) is 5.75 Å². The van der Waals surface area contributed by atoms with Crippen molar-refractivity contribution in [2.75, 3.05) is 6.61 Å². The molecular weight excluding hydrogens is 294 g/mol.